The van der Waals surface area contributed by atoms with Crippen LogP contribution in [0.1, 0.15) is 12.0 Å². The number of nitrogens with two attached hydrogens (primary N) is 1. The highest BCUT2D eigenvalue weighted by molar-refractivity contribution is 5.96. The van der Waals surface area contributed by atoms with Crippen LogP contribution in [0.3, 0.4) is 0 Å². The van der Waals surface area contributed by atoms with E-state index in [-0.39, 0.29) is 12.2 Å². The third-order valence-electron chi connectivity index (χ3n) is 3.53. The van der Waals surface area contributed by atoms with Crippen LogP contribution in [-0.4, -0.2) is 22.4 Å². The molecule has 1 aromatic carbocycles. The van der Waals surface area contributed by atoms with Crippen LogP contribution in [0.5, 0.6) is 0 Å². The Balaban J connectivity index is 2.09. The predicted octanol–water partition coefficient (Wildman–Crippen LogP) is 1.71. The van der Waals surface area contributed by atoms with Crippen molar-refractivity contribution < 1.29 is 14.7 Å². The fourth-order valence-corrected chi connectivity index (χ4v) is 2.33. The number of carbonyl (C=O) groups is 2. The molecule has 4 heteroatoms. The zero-order valence-electron chi connectivity index (χ0n) is 11.0. The number of carbonyl (C=O) groups excluding carboxylic acids is 1. The maximum atomic E-state index is 12.3. The van der Waals surface area contributed by atoms with Crippen molar-refractivity contribution in [2.75, 3.05) is 0 Å². The molecule has 1 aliphatic rings. The van der Waals surface area contributed by atoms with Gasteiger partial charge in [-0.3, -0.25) is 9.59 Å². The Bertz CT molecular complexity index is 562. The summed E-state index contributed by atoms with van der Waals surface area (Å²) in [7, 11) is 0. The molecule has 4 nitrogen and oxygen atoms in total. The largest absolute Gasteiger partial charge is 0.481 e. The second-order valence-electron chi connectivity index (χ2n) is 4.90. The Labute approximate surface area is 117 Å². The summed E-state index contributed by atoms with van der Waals surface area (Å²) in [6.45, 7) is 0. The van der Waals surface area contributed by atoms with E-state index in [0.29, 0.717) is 6.42 Å². The minimum Gasteiger partial charge on any atom is -0.481 e. The third-order valence-corrected chi connectivity index (χ3v) is 3.53. The molecule has 1 aliphatic carbocycles. The molecule has 2 unspecified atom stereocenters. The Morgan fingerprint density at radius 3 is 2.55 bits per heavy atom. The molecule has 0 amide bonds. The highest BCUT2D eigenvalue weighted by Crippen LogP contribution is 2.25. The zero-order chi connectivity index (χ0) is 14.6. The first-order valence-corrected chi connectivity index (χ1v) is 6.49. The Kier molecular flexibility index (Phi) is 4.15. The van der Waals surface area contributed by atoms with Gasteiger partial charge in [0, 0.05) is 6.42 Å². The van der Waals surface area contributed by atoms with E-state index in [1.807, 2.05) is 30.3 Å². The zero-order valence-corrected chi connectivity index (χ0v) is 11.0. The van der Waals surface area contributed by atoms with Crippen molar-refractivity contribution in [3.63, 3.8) is 0 Å². The summed E-state index contributed by atoms with van der Waals surface area (Å²) in [5.41, 5.74) is 5.63. The highest BCUT2D eigenvalue weighted by atomic mass is 16.4. The Morgan fingerprint density at radius 1 is 1.20 bits per heavy atom. The predicted molar refractivity (Wildman–Crippen MR) is 76.1 cm³/mol. The van der Waals surface area contributed by atoms with Crippen molar-refractivity contribution in [1.82, 2.24) is 0 Å². The summed E-state index contributed by atoms with van der Waals surface area (Å²) in [6, 6.07) is 9.58. The van der Waals surface area contributed by atoms with Gasteiger partial charge in [-0.15, -0.1) is 0 Å². The van der Waals surface area contributed by atoms with Gasteiger partial charge < -0.3 is 10.8 Å². The summed E-state index contributed by atoms with van der Waals surface area (Å²) in [5.74, 6) is -2.34. The van der Waals surface area contributed by atoms with Crippen LogP contribution < -0.4 is 5.73 Å². The van der Waals surface area contributed by atoms with Gasteiger partial charge in [0.1, 0.15) is 11.5 Å². The van der Waals surface area contributed by atoms with Crippen LogP contribution in [0.4, 0.5) is 0 Å². The molecule has 0 radical (unpaired) electrons. The topological polar surface area (TPSA) is 80.4 Å². The Hall–Kier alpha value is -2.20. The van der Waals surface area contributed by atoms with Crippen LogP contribution in [0, 0.1) is 5.92 Å². The lowest BCUT2D eigenvalue weighted by molar-refractivity contribution is -0.144. The first kappa shape index (κ1) is 14.2. The molecule has 20 heavy (non-hydrogen) atoms. The SMILES string of the molecule is NC1(C(=O)CCc2ccccc2)C=CC=CC1C(=O)O. The molecule has 0 heterocycles. The molecule has 0 fully saturated rings. The van der Waals surface area contributed by atoms with Crippen LogP contribution in [0.15, 0.2) is 54.6 Å². The number of carboxylic acid groups (broad SMARTS) is 1. The molecule has 0 saturated heterocycles. The lowest BCUT2D eigenvalue weighted by atomic mass is 9.76. The number of hydrogen-bond donors (Lipinski definition) is 2. The average molecular weight is 271 g/mol. The second kappa shape index (κ2) is 5.84. The molecule has 0 saturated carbocycles. The van der Waals surface area contributed by atoms with Crippen LogP contribution in [0.25, 0.3) is 0 Å². The quantitative estimate of drug-likeness (QED) is 0.854. The smallest absolute Gasteiger partial charge is 0.313 e. The molecule has 0 bridgehead atoms. The van der Waals surface area contributed by atoms with Gasteiger partial charge in [0.2, 0.25) is 0 Å². The van der Waals surface area contributed by atoms with Crippen molar-refractivity contribution in [3.05, 3.63) is 60.2 Å². The van der Waals surface area contributed by atoms with Crippen molar-refractivity contribution in [1.29, 1.82) is 0 Å². The van der Waals surface area contributed by atoms with Gasteiger partial charge in [-0.1, -0.05) is 54.6 Å². The van der Waals surface area contributed by atoms with Crippen molar-refractivity contribution in [2.45, 2.75) is 18.4 Å². The maximum absolute atomic E-state index is 12.3. The molecule has 104 valence electrons. The summed E-state index contributed by atoms with van der Waals surface area (Å²) < 4.78 is 0. The molecule has 0 aromatic heterocycles. The normalized spacial score (nSPS) is 24.6. The minimum atomic E-state index is -1.45. The van der Waals surface area contributed by atoms with E-state index in [1.54, 1.807) is 12.2 Å². The van der Waals surface area contributed by atoms with Gasteiger partial charge in [-0.05, 0) is 12.0 Å². The molecule has 0 aliphatic heterocycles. The van der Waals surface area contributed by atoms with Gasteiger partial charge in [-0.25, -0.2) is 0 Å². The van der Waals surface area contributed by atoms with E-state index < -0.39 is 17.4 Å². The van der Waals surface area contributed by atoms with E-state index in [4.69, 9.17) is 5.73 Å². The van der Waals surface area contributed by atoms with Crippen LogP contribution in [0.2, 0.25) is 0 Å². The number of allylic oxidation sites excluding steroid dienone is 2. The standard InChI is InChI=1S/C16H17NO3/c17-16(11-5-4-8-13(16)15(19)20)14(18)10-9-12-6-2-1-3-7-12/h1-8,11,13H,9-10,17H2,(H,19,20). The molecule has 2 atom stereocenters. The number of hydrogen-bond acceptors (Lipinski definition) is 3. The van der Waals surface area contributed by atoms with E-state index in [2.05, 4.69) is 0 Å². The van der Waals surface area contributed by atoms with Gasteiger partial charge in [-0.2, -0.15) is 0 Å². The van der Waals surface area contributed by atoms with Crippen LogP contribution >= 0.6 is 0 Å². The van der Waals surface area contributed by atoms with Crippen molar-refractivity contribution in [2.24, 2.45) is 11.7 Å². The summed E-state index contributed by atoms with van der Waals surface area (Å²) in [4.78, 5) is 23.6. The fraction of sp³-hybridized carbons (Fsp3) is 0.250. The van der Waals surface area contributed by atoms with Crippen molar-refractivity contribution >= 4 is 11.8 Å². The number of Topliss-reactive ketones (excluding diaryl/α,β-unsaturated/α-hetero) is 1. The number of carboxylic acids is 1. The van der Waals surface area contributed by atoms with E-state index in [9.17, 15) is 14.7 Å². The number of benzene rings is 1. The number of rotatable bonds is 5. The summed E-state index contributed by atoms with van der Waals surface area (Å²) in [6.07, 6.45) is 6.96. The monoisotopic (exact) mass is 271 g/mol. The van der Waals surface area contributed by atoms with Crippen LogP contribution in [-0.2, 0) is 16.0 Å². The minimum absolute atomic E-state index is 0.225. The fourth-order valence-electron chi connectivity index (χ4n) is 2.33. The van der Waals surface area contributed by atoms with Gasteiger partial charge in [0.15, 0.2) is 5.78 Å². The van der Waals surface area contributed by atoms with Gasteiger partial charge >= 0.3 is 5.97 Å². The maximum Gasteiger partial charge on any atom is 0.313 e. The highest BCUT2D eigenvalue weighted by Gasteiger charge is 2.42. The number of ketones is 1. The first-order valence-electron chi connectivity index (χ1n) is 6.49. The molecule has 0 spiro atoms. The molecule has 3 N–H and O–H groups in total. The van der Waals surface area contributed by atoms with Gasteiger partial charge in [0.05, 0.1) is 0 Å². The lowest BCUT2D eigenvalue weighted by Gasteiger charge is -2.30. The van der Waals surface area contributed by atoms with E-state index in [1.165, 1.54) is 12.2 Å². The van der Waals surface area contributed by atoms with E-state index in [0.717, 1.165) is 5.56 Å². The third kappa shape index (κ3) is 2.86. The number of aryl methyl sites for hydroxylation is 1. The van der Waals surface area contributed by atoms with Gasteiger partial charge in [0.25, 0.3) is 0 Å². The average Bonchev–Trinajstić information content (AvgIpc) is 2.46. The van der Waals surface area contributed by atoms with E-state index >= 15 is 0 Å². The van der Waals surface area contributed by atoms with Crippen molar-refractivity contribution in [3.8, 4) is 0 Å². The second-order valence-corrected chi connectivity index (χ2v) is 4.90. The number of aliphatic carboxylic acids is 1. The molecular weight excluding hydrogens is 254 g/mol. The molecule has 2 rings (SSSR count). The molecule has 1 aromatic rings. The first-order chi connectivity index (χ1) is 9.54. The summed E-state index contributed by atoms with van der Waals surface area (Å²) >= 11 is 0. The lowest BCUT2D eigenvalue weighted by Crippen LogP contribution is -2.55. The summed E-state index contributed by atoms with van der Waals surface area (Å²) in [5, 5.41) is 9.19. The Morgan fingerprint density at radius 2 is 1.90 bits per heavy atom. The molecular formula is C16H17NO3.